The van der Waals surface area contributed by atoms with Gasteiger partial charge in [0.25, 0.3) is 0 Å². The maximum absolute atomic E-state index is 10.8. The first-order valence-electron chi connectivity index (χ1n) is 10.6. The number of fused-ring (bicyclic) bond motifs is 2. The number of hydrogen-bond donors (Lipinski definition) is 1. The Bertz CT molecular complexity index is 846. The van der Waals surface area contributed by atoms with Crippen molar-refractivity contribution in [1.82, 2.24) is 4.90 Å². The molecule has 1 spiro atoms. The van der Waals surface area contributed by atoms with Crippen LogP contribution < -0.4 is 9.47 Å². The van der Waals surface area contributed by atoms with E-state index in [9.17, 15) is 4.79 Å². The molecular formula is C24H29NO5. The fourth-order valence-corrected chi connectivity index (χ4v) is 4.30. The lowest BCUT2D eigenvalue weighted by atomic mass is 9.74. The number of carboxylic acid groups (broad SMARTS) is 1. The first kappa shape index (κ1) is 20.7. The van der Waals surface area contributed by atoms with E-state index in [1.54, 1.807) is 0 Å². The van der Waals surface area contributed by atoms with Crippen LogP contribution in [-0.2, 0) is 21.6 Å². The van der Waals surface area contributed by atoms with E-state index < -0.39 is 5.97 Å². The molecule has 0 saturated carbocycles. The molecule has 6 heteroatoms. The summed E-state index contributed by atoms with van der Waals surface area (Å²) >= 11 is 0. The summed E-state index contributed by atoms with van der Waals surface area (Å²) in [6.07, 6.45) is 2.19. The number of hydrogen-bond acceptors (Lipinski definition) is 5. The normalized spacial score (nSPS) is 17.5. The minimum absolute atomic E-state index is 0.0480. The van der Waals surface area contributed by atoms with Gasteiger partial charge in [0.1, 0.15) is 18.1 Å². The van der Waals surface area contributed by atoms with Crippen LogP contribution in [0.2, 0.25) is 0 Å². The Morgan fingerprint density at radius 2 is 1.90 bits per heavy atom. The van der Waals surface area contributed by atoms with Crippen molar-refractivity contribution in [3.05, 3.63) is 59.7 Å². The molecule has 0 aromatic heterocycles. The third kappa shape index (κ3) is 4.94. The van der Waals surface area contributed by atoms with E-state index in [0.29, 0.717) is 33.0 Å². The maximum atomic E-state index is 10.8. The van der Waals surface area contributed by atoms with Crippen molar-refractivity contribution in [2.45, 2.75) is 31.3 Å². The van der Waals surface area contributed by atoms with Crippen molar-refractivity contribution >= 4 is 5.97 Å². The Balaban J connectivity index is 1.25. The summed E-state index contributed by atoms with van der Waals surface area (Å²) in [6.45, 7) is 4.75. The monoisotopic (exact) mass is 411 g/mol. The first-order chi connectivity index (χ1) is 14.6. The van der Waals surface area contributed by atoms with Gasteiger partial charge in [-0.15, -0.1) is 0 Å². The maximum Gasteiger partial charge on any atom is 0.304 e. The number of rotatable bonds is 9. The summed E-state index contributed by atoms with van der Waals surface area (Å²) in [7, 11) is 0. The van der Waals surface area contributed by atoms with Gasteiger partial charge < -0.3 is 24.2 Å². The van der Waals surface area contributed by atoms with Crippen LogP contribution in [0.25, 0.3) is 0 Å². The summed E-state index contributed by atoms with van der Waals surface area (Å²) in [4.78, 5) is 13.0. The van der Waals surface area contributed by atoms with Crippen LogP contribution in [0.1, 0.15) is 30.4 Å². The van der Waals surface area contributed by atoms with Crippen molar-refractivity contribution in [1.29, 1.82) is 0 Å². The van der Waals surface area contributed by atoms with Crippen LogP contribution in [0, 0.1) is 0 Å². The van der Waals surface area contributed by atoms with Crippen LogP contribution in [-0.4, -0.2) is 55.4 Å². The molecule has 4 rings (SSSR count). The lowest BCUT2D eigenvalue weighted by Crippen LogP contribution is -2.44. The molecule has 2 aliphatic heterocycles. The number of aliphatic carboxylic acids is 1. The third-order valence-electron chi connectivity index (χ3n) is 6.09. The highest BCUT2D eigenvalue weighted by Gasteiger charge is 2.43. The molecule has 0 atom stereocenters. The van der Waals surface area contributed by atoms with E-state index in [2.05, 4.69) is 11.0 Å². The highest BCUT2D eigenvalue weighted by molar-refractivity contribution is 5.66. The summed E-state index contributed by atoms with van der Waals surface area (Å²) < 4.78 is 17.5. The zero-order chi connectivity index (χ0) is 20.8. The molecule has 2 heterocycles. The molecular weight excluding hydrogens is 382 g/mol. The lowest BCUT2D eigenvalue weighted by molar-refractivity contribution is -0.137. The summed E-state index contributed by atoms with van der Waals surface area (Å²) in [6, 6.07) is 16.2. The molecule has 2 aromatic carbocycles. The molecule has 0 unspecified atom stereocenters. The van der Waals surface area contributed by atoms with Crippen molar-refractivity contribution < 1.29 is 24.1 Å². The molecule has 0 bridgehead atoms. The van der Waals surface area contributed by atoms with Gasteiger partial charge in [-0.05, 0) is 37.6 Å². The molecule has 1 saturated heterocycles. The molecule has 0 radical (unpaired) electrons. The molecule has 0 aliphatic carbocycles. The Morgan fingerprint density at radius 3 is 2.67 bits per heavy atom. The average Bonchev–Trinajstić information content (AvgIpc) is 3.11. The number of nitrogens with zero attached hydrogens (tertiary/aromatic N) is 1. The van der Waals surface area contributed by atoms with Gasteiger partial charge in [0.2, 0.25) is 0 Å². The molecule has 30 heavy (non-hydrogen) atoms. The van der Waals surface area contributed by atoms with Gasteiger partial charge >= 0.3 is 5.97 Å². The largest absolute Gasteiger partial charge is 0.492 e. The van der Waals surface area contributed by atoms with Crippen LogP contribution in [0.3, 0.4) is 0 Å². The van der Waals surface area contributed by atoms with Crippen molar-refractivity contribution in [3.8, 4) is 11.5 Å². The van der Waals surface area contributed by atoms with Gasteiger partial charge in [0, 0.05) is 23.6 Å². The van der Waals surface area contributed by atoms with Gasteiger partial charge in [0.15, 0.2) is 0 Å². The molecule has 2 aromatic rings. The molecule has 160 valence electrons. The summed E-state index contributed by atoms with van der Waals surface area (Å²) in [5.41, 5.74) is 2.46. The first-order valence-corrected chi connectivity index (χ1v) is 10.6. The molecule has 6 nitrogen and oxygen atoms in total. The fourth-order valence-electron chi connectivity index (χ4n) is 4.30. The predicted octanol–water partition coefficient (Wildman–Crippen LogP) is 3.48. The molecule has 1 fully saturated rings. The zero-order valence-corrected chi connectivity index (χ0v) is 17.2. The van der Waals surface area contributed by atoms with E-state index in [1.807, 2.05) is 42.5 Å². The van der Waals surface area contributed by atoms with E-state index in [1.165, 1.54) is 5.56 Å². The number of likely N-dealkylation sites (tertiary alicyclic amines) is 1. The number of carbonyl (C=O) groups is 1. The summed E-state index contributed by atoms with van der Waals surface area (Å²) in [5.74, 6) is 0.979. The highest BCUT2D eigenvalue weighted by atomic mass is 16.5. The third-order valence-corrected chi connectivity index (χ3v) is 6.09. The van der Waals surface area contributed by atoms with Crippen LogP contribution in [0.5, 0.6) is 11.5 Å². The van der Waals surface area contributed by atoms with Crippen LogP contribution in [0.4, 0.5) is 0 Å². The highest BCUT2D eigenvalue weighted by Crippen LogP contribution is 2.46. The Morgan fingerprint density at radius 1 is 1.10 bits per heavy atom. The standard InChI is InChI=1S/C24H29NO5/c26-23(27)8-11-25-12-9-24(10-13-25)18-30-22-16-20(6-7-21(22)24)29-15-14-28-17-19-4-2-1-3-5-19/h1-7,16H,8-15,17-18H2,(H,26,27). The fraction of sp³-hybridized carbons (Fsp3) is 0.458. The van der Waals surface area contributed by atoms with E-state index in [4.69, 9.17) is 19.3 Å². The van der Waals surface area contributed by atoms with Gasteiger partial charge in [-0.25, -0.2) is 0 Å². The Hall–Kier alpha value is -2.57. The second kappa shape index (κ2) is 9.49. The van der Waals surface area contributed by atoms with Gasteiger partial charge in [0.05, 0.1) is 26.2 Å². The van der Waals surface area contributed by atoms with Gasteiger partial charge in [-0.3, -0.25) is 4.79 Å². The van der Waals surface area contributed by atoms with Crippen molar-refractivity contribution in [2.75, 3.05) is 39.5 Å². The smallest absolute Gasteiger partial charge is 0.304 e. The molecule has 0 amide bonds. The number of carboxylic acids is 1. The van der Waals surface area contributed by atoms with Gasteiger partial charge in [-0.1, -0.05) is 36.4 Å². The Kier molecular flexibility index (Phi) is 6.55. The van der Waals surface area contributed by atoms with Crippen LogP contribution >= 0.6 is 0 Å². The number of ether oxygens (including phenoxy) is 3. The predicted molar refractivity (Wildman–Crippen MR) is 113 cm³/mol. The van der Waals surface area contributed by atoms with Gasteiger partial charge in [-0.2, -0.15) is 0 Å². The van der Waals surface area contributed by atoms with Crippen molar-refractivity contribution in [3.63, 3.8) is 0 Å². The average molecular weight is 411 g/mol. The van der Waals surface area contributed by atoms with E-state index in [0.717, 1.165) is 43.0 Å². The summed E-state index contributed by atoms with van der Waals surface area (Å²) in [5, 5.41) is 8.88. The second-order valence-electron chi connectivity index (χ2n) is 8.10. The minimum Gasteiger partial charge on any atom is -0.492 e. The Labute approximate surface area is 177 Å². The molecule has 1 N–H and O–H groups in total. The number of benzene rings is 2. The zero-order valence-electron chi connectivity index (χ0n) is 17.2. The molecule has 2 aliphatic rings. The van der Waals surface area contributed by atoms with E-state index in [-0.39, 0.29) is 11.8 Å². The SMILES string of the molecule is O=C(O)CCN1CCC2(CC1)COc1cc(OCCOCc3ccccc3)ccc12. The van der Waals surface area contributed by atoms with E-state index >= 15 is 0 Å². The topological polar surface area (TPSA) is 68.2 Å². The van der Waals surface area contributed by atoms with Crippen molar-refractivity contribution in [2.24, 2.45) is 0 Å². The van der Waals surface area contributed by atoms with Crippen LogP contribution in [0.15, 0.2) is 48.5 Å². The lowest BCUT2D eigenvalue weighted by Gasteiger charge is -2.38. The minimum atomic E-state index is -0.733. The number of piperidine rings is 1. The second-order valence-corrected chi connectivity index (χ2v) is 8.10. The quantitative estimate of drug-likeness (QED) is 0.637.